The molecule has 1 aromatic carbocycles. The second kappa shape index (κ2) is 9.70. The number of benzene rings is 1. The van der Waals surface area contributed by atoms with E-state index in [-0.39, 0.29) is 17.9 Å². The lowest BCUT2D eigenvalue weighted by molar-refractivity contribution is 0.142. The third kappa shape index (κ3) is 4.24. The Kier molecular flexibility index (Phi) is 6.66. The second-order valence-corrected chi connectivity index (χ2v) is 10.7. The number of halogens is 1. The van der Waals surface area contributed by atoms with Crippen LogP contribution in [0, 0.1) is 29.5 Å². The van der Waals surface area contributed by atoms with Gasteiger partial charge in [0, 0.05) is 31.4 Å². The van der Waals surface area contributed by atoms with Crippen LogP contribution < -0.4 is 4.90 Å². The molecule has 4 aliphatic rings. The van der Waals surface area contributed by atoms with Crippen LogP contribution in [0.25, 0.3) is 0 Å². The summed E-state index contributed by atoms with van der Waals surface area (Å²) in [6, 6.07) is 6.44. The Labute approximate surface area is 203 Å². The molecule has 5 rings (SSSR count). The zero-order valence-corrected chi connectivity index (χ0v) is 20.6. The highest BCUT2D eigenvalue weighted by atomic mass is 19.1. The number of amidine groups is 1. The smallest absolute Gasteiger partial charge is 0.350 e. The van der Waals surface area contributed by atoms with Gasteiger partial charge < -0.3 is 4.90 Å². The Balaban J connectivity index is 1.45. The highest BCUT2D eigenvalue weighted by Crippen LogP contribution is 2.44. The molecule has 3 heterocycles. The van der Waals surface area contributed by atoms with Crippen LogP contribution in [0.15, 0.2) is 29.3 Å². The van der Waals surface area contributed by atoms with E-state index < -0.39 is 5.54 Å². The summed E-state index contributed by atoms with van der Waals surface area (Å²) >= 11 is 0. The number of aliphatic imine (C=N–C) groups is 1. The SMILES string of the molecule is CC#CCN1CC[C@@]2(C[C@H]1C)C(N1CCC(C3CCCCC3)C1)=NC(=O)N2c1cccc(F)c1. The van der Waals surface area contributed by atoms with Crippen molar-refractivity contribution >= 4 is 17.6 Å². The van der Waals surface area contributed by atoms with Gasteiger partial charge in [-0.3, -0.25) is 9.80 Å². The van der Waals surface area contributed by atoms with E-state index in [4.69, 9.17) is 4.99 Å². The maximum Gasteiger partial charge on any atom is 0.350 e. The molecule has 2 saturated heterocycles. The molecular weight excluding hydrogens is 427 g/mol. The molecule has 3 aliphatic heterocycles. The van der Waals surface area contributed by atoms with Crippen LogP contribution in [-0.2, 0) is 0 Å². The van der Waals surface area contributed by atoms with Gasteiger partial charge >= 0.3 is 6.03 Å². The van der Waals surface area contributed by atoms with Gasteiger partial charge in [0.25, 0.3) is 0 Å². The van der Waals surface area contributed by atoms with Crippen LogP contribution >= 0.6 is 0 Å². The van der Waals surface area contributed by atoms with E-state index in [0.29, 0.717) is 11.6 Å². The standard InChI is InChI=1S/C28H37FN4O/c1-3-4-15-31-17-14-28(19-21(31)2)26(30-27(34)33(28)25-12-8-11-24(29)18-25)32-16-13-23(20-32)22-9-6-5-7-10-22/h8,11-12,18,21-23H,5-7,9-10,13-17,19-20H2,1-2H3/t21-,23?,28-/m1/s1. The molecule has 3 fully saturated rings. The number of hydrogen-bond acceptors (Lipinski definition) is 3. The van der Waals surface area contributed by atoms with Gasteiger partial charge in [0.2, 0.25) is 0 Å². The van der Waals surface area contributed by atoms with E-state index in [1.54, 1.807) is 11.0 Å². The van der Waals surface area contributed by atoms with Crippen molar-refractivity contribution in [2.24, 2.45) is 16.8 Å². The topological polar surface area (TPSA) is 39.1 Å². The first-order chi connectivity index (χ1) is 16.5. The van der Waals surface area contributed by atoms with Gasteiger partial charge in [-0.05, 0) is 63.1 Å². The van der Waals surface area contributed by atoms with Crippen LogP contribution in [0.2, 0.25) is 0 Å². The molecule has 2 amide bonds. The van der Waals surface area contributed by atoms with Crippen LogP contribution in [0.1, 0.15) is 65.2 Å². The van der Waals surface area contributed by atoms with Crippen molar-refractivity contribution in [1.29, 1.82) is 0 Å². The molecule has 5 nitrogen and oxygen atoms in total. The molecule has 0 bridgehead atoms. The largest absolute Gasteiger partial charge is 0.358 e. The van der Waals surface area contributed by atoms with Gasteiger partial charge in [-0.15, -0.1) is 5.92 Å². The van der Waals surface area contributed by atoms with Crippen molar-refractivity contribution in [2.45, 2.75) is 76.8 Å². The zero-order chi connectivity index (χ0) is 23.7. The van der Waals surface area contributed by atoms with Crippen molar-refractivity contribution in [1.82, 2.24) is 9.80 Å². The molecular formula is C28H37FN4O. The van der Waals surface area contributed by atoms with Crippen molar-refractivity contribution in [3.05, 3.63) is 30.1 Å². The summed E-state index contributed by atoms with van der Waals surface area (Å²) in [5.74, 6) is 8.30. The second-order valence-electron chi connectivity index (χ2n) is 10.7. The monoisotopic (exact) mass is 464 g/mol. The molecule has 1 saturated carbocycles. The van der Waals surface area contributed by atoms with Crippen LogP contribution in [0.5, 0.6) is 0 Å². The lowest BCUT2D eigenvalue weighted by atomic mass is 9.79. The quantitative estimate of drug-likeness (QED) is 0.569. The van der Waals surface area contributed by atoms with E-state index in [2.05, 4.69) is 28.6 Å². The molecule has 0 radical (unpaired) electrons. The molecule has 6 heteroatoms. The van der Waals surface area contributed by atoms with Gasteiger partial charge in [-0.2, -0.15) is 4.99 Å². The fraction of sp³-hybridized carbons (Fsp3) is 0.643. The Morgan fingerprint density at radius 1 is 1.15 bits per heavy atom. The fourth-order valence-electron chi connectivity index (χ4n) is 6.93. The van der Waals surface area contributed by atoms with Crippen LogP contribution in [0.3, 0.4) is 0 Å². The number of rotatable bonds is 3. The summed E-state index contributed by atoms with van der Waals surface area (Å²) in [6.07, 6.45) is 9.51. The number of carbonyl (C=O) groups is 1. The van der Waals surface area contributed by atoms with Crippen LogP contribution in [0.4, 0.5) is 14.9 Å². The highest BCUT2D eigenvalue weighted by Gasteiger charge is 2.55. The first-order valence-electron chi connectivity index (χ1n) is 13.1. The van der Waals surface area contributed by atoms with Crippen LogP contribution in [-0.4, -0.2) is 59.4 Å². The molecule has 1 aliphatic carbocycles. The van der Waals surface area contributed by atoms with E-state index >= 15 is 0 Å². The number of hydrogen-bond donors (Lipinski definition) is 0. The Morgan fingerprint density at radius 3 is 2.71 bits per heavy atom. The molecule has 34 heavy (non-hydrogen) atoms. The summed E-state index contributed by atoms with van der Waals surface area (Å²) in [5.41, 5.74) is 0.0859. The minimum Gasteiger partial charge on any atom is -0.358 e. The number of piperidine rings is 1. The summed E-state index contributed by atoms with van der Waals surface area (Å²) in [4.78, 5) is 24.7. The average Bonchev–Trinajstić information content (AvgIpc) is 3.42. The number of anilines is 1. The molecule has 1 aromatic rings. The lowest BCUT2D eigenvalue weighted by Gasteiger charge is -2.49. The molecule has 1 spiro atoms. The predicted molar refractivity (Wildman–Crippen MR) is 134 cm³/mol. The summed E-state index contributed by atoms with van der Waals surface area (Å²) in [6.45, 7) is 7.63. The predicted octanol–water partition coefficient (Wildman–Crippen LogP) is 5.31. The zero-order valence-electron chi connectivity index (χ0n) is 20.6. The third-order valence-corrected chi connectivity index (χ3v) is 8.67. The third-order valence-electron chi connectivity index (χ3n) is 8.67. The van der Waals surface area contributed by atoms with Gasteiger partial charge in [-0.1, -0.05) is 44.1 Å². The van der Waals surface area contributed by atoms with Gasteiger partial charge in [0.05, 0.1) is 6.54 Å². The molecule has 0 aromatic heterocycles. The number of carbonyl (C=O) groups excluding carboxylic acids is 1. The first-order valence-corrected chi connectivity index (χ1v) is 13.1. The van der Waals surface area contributed by atoms with Crippen molar-refractivity contribution in [3.63, 3.8) is 0 Å². The van der Waals surface area contributed by atoms with E-state index in [1.165, 1.54) is 50.7 Å². The summed E-state index contributed by atoms with van der Waals surface area (Å²) in [5, 5.41) is 0. The van der Waals surface area contributed by atoms with Crippen molar-refractivity contribution < 1.29 is 9.18 Å². The summed E-state index contributed by atoms with van der Waals surface area (Å²) in [7, 11) is 0. The first kappa shape index (κ1) is 23.4. The highest BCUT2D eigenvalue weighted by molar-refractivity contribution is 6.16. The lowest BCUT2D eigenvalue weighted by Crippen LogP contribution is -2.63. The number of nitrogens with zero attached hydrogens (tertiary/aromatic N) is 4. The van der Waals surface area contributed by atoms with Crippen molar-refractivity contribution in [2.75, 3.05) is 31.1 Å². The van der Waals surface area contributed by atoms with E-state index in [0.717, 1.165) is 50.8 Å². The number of urea groups is 1. The molecule has 0 N–H and O–H groups in total. The fourth-order valence-corrected chi connectivity index (χ4v) is 6.93. The minimum absolute atomic E-state index is 0.249. The minimum atomic E-state index is -0.526. The maximum atomic E-state index is 14.2. The van der Waals surface area contributed by atoms with E-state index in [1.807, 2.05) is 13.0 Å². The van der Waals surface area contributed by atoms with Crippen molar-refractivity contribution in [3.8, 4) is 11.8 Å². The van der Waals surface area contributed by atoms with Gasteiger partial charge in [-0.25, -0.2) is 9.18 Å². The molecule has 1 unspecified atom stereocenters. The maximum absolute atomic E-state index is 14.2. The van der Waals surface area contributed by atoms with Gasteiger partial charge in [0.1, 0.15) is 17.2 Å². The normalized spacial score (nSPS) is 30.6. The Hall–Kier alpha value is -2.39. The average molecular weight is 465 g/mol. The Bertz CT molecular complexity index is 1010. The van der Waals surface area contributed by atoms with E-state index in [9.17, 15) is 9.18 Å². The van der Waals surface area contributed by atoms with Gasteiger partial charge in [0.15, 0.2) is 0 Å². The molecule has 182 valence electrons. The number of amides is 2. The molecule has 3 atom stereocenters. The Morgan fingerprint density at radius 2 is 1.97 bits per heavy atom. The number of likely N-dealkylation sites (tertiary alicyclic amines) is 2. The summed E-state index contributed by atoms with van der Waals surface area (Å²) < 4.78 is 14.2.